The molecule has 1 aromatic heterocycles. The fourth-order valence-corrected chi connectivity index (χ4v) is 1.61. The Bertz CT molecular complexity index is 453. The highest BCUT2D eigenvalue weighted by Crippen LogP contribution is 2.17. The van der Waals surface area contributed by atoms with Crippen LogP contribution in [0.2, 0.25) is 0 Å². The van der Waals surface area contributed by atoms with Gasteiger partial charge in [-0.05, 0) is 0 Å². The van der Waals surface area contributed by atoms with Crippen LogP contribution < -0.4 is 10.5 Å². The molecule has 0 aliphatic carbocycles. The lowest BCUT2D eigenvalue weighted by molar-refractivity contribution is -0.611. The molecule has 1 heterocycles. The van der Waals surface area contributed by atoms with Gasteiger partial charge in [0.15, 0.2) is 6.04 Å². The molecule has 0 aliphatic heterocycles. The van der Waals surface area contributed by atoms with Crippen molar-refractivity contribution in [2.24, 2.45) is 5.73 Å². The fraction of sp³-hybridized carbons (Fsp3) is 0.500. The summed E-state index contributed by atoms with van der Waals surface area (Å²) in [4.78, 5) is 21.8. The molecule has 0 aromatic carbocycles. The van der Waals surface area contributed by atoms with Crippen molar-refractivity contribution in [1.29, 1.82) is 0 Å². The van der Waals surface area contributed by atoms with Gasteiger partial charge in [-0.3, -0.25) is 4.79 Å². The summed E-state index contributed by atoms with van der Waals surface area (Å²) in [7, 11) is 0. The van der Waals surface area contributed by atoms with Gasteiger partial charge < -0.3 is 16.0 Å². The number of carbonyl (C=O) groups is 2. The lowest BCUT2D eigenvalue weighted by Crippen LogP contribution is -2.27. The van der Waals surface area contributed by atoms with Crippen LogP contribution in [0.15, 0.2) is 6.33 Å². The normalized spacial score (nSPS) is 12.4. The SMILES string of the molecule is Cc1c(C)[n+]([O-])cn1[C@@H](CCC(N)=O)C(=O)O. The highest BCUT2D eigenvalue weighted by Gasteiger charge is 2.28. The second kappa shape index (κ2) is 4.86. The van der Waals surface area contributed by atoms with Crippen molar-refractivity contribution < 1.29 is 19.4 Å². The maximum Gasteiger partial charge on any atom is 0.349 e. The van der Waals surface area contributed by atoms with Crippen LogP contribution in [0.5, 0.6) is 0 Å². The van der Waals surface area contributed by atoms with Gasteiger partial charge in [-0.1, -0.05) is 0 Å². The third-order valence-corrected chi connectivity index (χ3v) is 2.76. The molecule has 0 bridgehead atoms. The first-order valence-corrected chi connectivity index (χ1v) is 5.13. The predicted octanol–water partition coefficient (Wildman–Crippen LogP) is -0.370. The number of aliphatic carboxylic acids is 1. The molecule has 0 saturated carbocycles. The molecule has 94 valence electrons. The number of amides is 1. The van der Waals surface area contributed by atoms with Crippen molar-refractivity contribution in [3.8, 4) is 0 Å². The Kier molecular flexibility index (Phi) is 3.72. The average Bonchev–Trinajstić information content (AvgIpc) is 2.46. The van der Waals surface area contributed by atoms with E-state index in [0.717, 1.165) is 0 Å². The number of primary amides is 1. The van der Waals surface area contributed by atoms with Crippen LogP contribution in [-0.2, 0) is 9.59 Å². The molecule has 0 radical (unpaired) electrons. The van der Waals surface area contributed by atoms with E-state index < -0.39 is 17.9 Å². The predicted molar refractivity (Wildman–Crippen MR) is 58.0 cm³/mol. The van der Waals surface area contributed by atoms with Gasteiger partial charge in [-0.25, -0.2) is 14.1 Å². The highest BCUT2D eigenvalue weighted by atomic mass is 16.5. The van der Waals surface area contributed by atoms with Crippen molar-refractivity contribution in [1.82, 2.24) is 4.57 Å². The smallest absolute Gasteiger partial charge is 0.349 e. The summed E-state index contributed by atoms with van der Waals surface area (Å²) in [5.41, 5.74) is 5.99. The Labute approximate surface area is 98.0 Å². The molecule has 1 atom stereocenters. The average molecular weight is 241 g/mol. The van der Waals surface area contributed by atoms with Crippen LogP contribution in [0.4, 0.5) is 0 Å². The van der Waals surface area contributed by atoms with Crippen LogP contribution in [0.3, 0.4) is 0 Å². The number of aromatic nitrogens is 2. The molecular formula is C10H15N3O4. The number of hydrogen-bond acceptors (Lipinski definition) is 3. The van der Waals surface area contributed by atoms with Crippen LogP contribution in [0.25, 0.3) is 0 Å². The Morgan fingerprint density at radius 2 is 2.18 bits per heavy atom. The van der Waals surface area contributed by atoms with E-state index in [2.05, 4.69) is 0 Å². The lowest BCUT2D eigenvalue weighted by atomic mass is 10.1. The van der Waals surface area contributed by atoms with Gasteiger partial charge in [0.2, 0.25) is 12.2 Å². The quantitative estimate of drug-likeness (QED) is 0.541. The van der Waals surface area contributed by atoms with Gasteiger partial charge in [0, 0.05) is 26.7 Å². The molecule has 1 rings (SSSR count). The van der Waals surface area contributed by atoms with Gasteiger partial charge in [0.05, 0.1) is 0 Å². The Balaban J connectivity index is 3.01. The first kappa shape index (κ1) is 13.0. The number of nitrogens with two attached hydrogens (primary N) is 1. The maximum atomic E-state index is 11.3. The monoisotopic (exact) mass is 241 g/mol. The van der Waals surface area contributed by atoms with Crippen LogP contribution in [0, 0.1) is 19.1 Å². The van der Waals surface area contributed by atoms with Gasteiger partial charge >= 0.3 is 5.97 Å². The molecule has 17 heavy (non-hydrogen) atoms. The van der Waals surface area contributed by atoms with Gasteiger partial charge in [0.25, 0.3) is 0 Å². The van der Waals surface area contributed by atoms with E-state index in [4.69, 9.17) is 10.8 Å². The third-order valence-electron chi connectivity index (χ3n) is 2.76. The number of imidazole rings is 1. The minimum absolute atomic E-state index is 0.0352. The van der Waals surface area contributed by atoms with E-state index in [1.165, 1.54) is 10.9 Å². The van der Waals surface area contributed by atoms with Crippen molar-refractivity contribution in [3.63, 3.8) is 0 Å². The summed E-state index contributed by atoms with van der Waals surface area (Å²) in [5.74, 6) is -1.65. The summed E-state index contributed by atoms with van der Waals surface area (Å²) >= 11 is 0. The fourth-order valence-electron chi connectivity index (χ4n) is 1.61. The standard InChI is InChI=1S/C10H15N3O4/c1-6-7(2)13(17)5-12(6)8(10(15)16)3-4-9(11)14/h5,8H,3-4H2,1-2H3,(H2,11,14)(H,15,16)/t8-/m0/s1. The number of rotatable bonds is 5. The molecule has 1 aromatic rings. The highest BCUT2D eigenvalue weighted by molar-refractivity contribution is 5.76. The molecule has 7 nitrogen and oxygen atoms in total. The number of carbonyl (C=O) groups excluding carboxylic acids is 1. The Hall–Kier alpha value is -2.05. The first-order chi connectivity index (χ1) is 7.84. The zero-order valence-corrected chi connectivity index (χ0v) is 9.71. The number of carboxylic acid groups (broad SMARTS) is 1. The number of hydrogen-bond donors (Lipinski definition) is 2. The van der Waals surface area contributed by atoms with Gasteiger partial charge in [-0.2, -0.15) is 0 Å². The molecule has 0 aliphatic rings. The molecular weight excluding hydrogens is 226 g/mol. The summed E-state index contributed by atoms with van der Waals surface area (Å²) in [6.07, 6.45) is 1.20. The molecule has 0 unspecified atom stereocenters. The molecule has 0 spiro atoms. The zero-order valence-electron chi connectivity index (χ0n) is 9.71. The largest absolute Gasteiger partial charge is 0.711 e. The van der Waals surface area contributed by atoms with Crippen molar-refractivity contribution in [3.05, 3.63) is 22.9 Å². The summed E-state index contributed by atoms with van der Waals surface area (Å²) in [5, 5.41) is 20.4. The van der Waals surface area contributed by atoms with Crippen molar-refractivity contribution >= 4 is 11.9 Å². The molecule has 7 heteroatoms. The second-order valence-electron chi connectivity index (χ2n) is 3.88. The summed E-state index contributed by atoms with van der Waals surface area (Å²) in [6, 6.07) is -0.948. The Morgan fingerprint density at radius 1 is 1.59 bits per heavy atom. The zero-order chi connectivity index (χ0) is 13.2. The minimum atomic E-state index is -1.09. The van der Waals surface area contributed by atoms with E-state index in [1.807, 2.05) is 0 Å². The van der Waals surface area contributed by atoms with E-state index in [0.29, 0.717) is 16.1 Å². The van der Waals surface area contributed by atoms with Crippen LogP contribution in [-0.4, -0.2) is 21.6 Å². The molecule has 3 N–H and O–H groups in total. The summed E-state index contributed by atoms with van der Waals surface area (Å²) in [6.45, 7) is 3.26. The van der Waals surface area contributed by atoms with Crippen LogP contribution in [0.1, 0.15) is 30.3 Å². The van der Waals surface area contributed by atoms with E-state index in [1.54, 1.807) is 13.8 Å². The van der Waals surface area contributed by atoms with E-state index in [-0.39, 0.29) is 12.8 Å². The first-order valence-electron chi connectivity index (χ1n) is 5.13. The molecule has 1 amide bonds. The number of carboxylic acids is 1. The van der Waals surface area contributed by atoms with Crippen molar-refractivity contribution in [2.45, 2.75) is 32.7 Å². The Morgan fingerprint density at radius 3 is 2.53 bits per heavy atom. The van der Waals surface area contributed by atoms with Crippen LogP contribution >= 0.6 is 0 Å². The van der Waals surface area contributed by atoms with Gasteiger partial charge in [-0.15, -0.1) is 0 Å². The lowest BCUT2D eigenvalue weighted by Gasteiger charge is -2.09. The second-order valence-corrected chi connectivity index (χ2v) is 3.88. The molecule has 0 fully saturated rings. The third kappa shape index (κ3) is 2.74. The van der Waals surface area contributed by atoms with Crippen molar-refractivity contribution in [2.75, 3.05) is 0 Å². The van der Waals surface area contributed by atoms with Gasteiger partial charge in [0.1, 0.15) is 11.4 Å². The minimum Gasteiger partial charge on any atom is -0.711 e. The topological polar surface area (TPSA) is 112 Å². The van der Waals surface area contributed by atoms with E-state index >= 15 is 0 Å². The number of nitrogens with zero attached hydrogens (tertiary/aromatic N) is 2. The van der Waals surface area contributed by atoms with E-state index in [9.17, 15) is 14.8 Å². The molecule has 0 saturated heterocycles. The summed E-state index contributed by atoms with van der Waals surface area (Å²) < 4.78 is 1.96. The maximum absolute atomic E-state index is 11.3.